The van der Waals surface area contributed by atoms with Crippen LogP contribution in [-0.2, 0) is 10.2 Å². The number of carbonyl (C=O) groups excluding carboxylic acids is 1. The van der Waals surface area contributed by atoms with E-state index in [1.54, 1.807) is 6.07 Å². The largest absolute Gasteiger partial charge is 0.480 e. The van der Waals surface area contributed by atoms with Crippen molar-refractivity contribution in [1.82, 2.24) is 4.90 Å². The zero-order valence-corrected chi connectivity index (χ0v) is 13.4. The van der Waals surface area contributed by atoms with Gasteiger partial charge in [-0.1, -0.05) is 26.8 Å². The maximum atomic E-state index is 12.5. The molecule has 1 fully saturated rings. The second-order valence-corrected chi connectivity index (χ2v) is 6.73. The Morgan fingerprint density at radius 3 is 2.52 bits per heavy atom. The van der Waals surface area contributed by atoms with Gasteiger partial charge in [0, 0.05) is 23.7 Å². The Morgan fingerprint density at radius 2 is 2.00 bits per heavy atom. The molecule has 23 heavy (non-hydrogen) atoms. The van der Waals surface area contributed by atoms with E-state index < -0.39 is 28.3 Å². The maximum Gasteiger partial charge on any atom is 0.326 e. The molecule has 2 rings (SSSR count). The fourth-order valence-electron chi connectivity index (χ4n) is 2.88. The number of carboxylic acids is 1. The van der Waals surface area contributed by atoms with Crippen molar-refractivity contribution in [2.75, 3.05) is 6.54 Å². The molecule has 1 aromatic carbocycles. The van der Waals surface area contributed by atoms with Crippen LogP contribution in [0.5, 0.6) is 0 Å². The molecule has 0 bridgehead atoms. The van der Waals surface area contributed by atoms with Gasteiger partial charge in [0.2, 0.25) is 0 Å². The minimum absolute atomic E-state index is 0.116. The predicted octanol–water partition coefficient (Wildman–Crippen LogP) is 2.58. The molecule has 124 valence electrons. The number of nitro benzene ring substituents is 1. The molecular formula is C16H20N2O5. The number of amides is 1. The quantitative estimate of drug-likeness (QED) is 0.681. The highest BCUT2D eigenvalue weighted by molar-refractivity contribution is 5.97. The minimum Gasteiger partial charge on any atom is -0.480 e. The molecule has 0 aromatic heterocycles. The minimum atomic E-state index is -1.04. The van der Waals surface area contributed by atoms with Crippen molar-refractivity contribution in [2.24, 2.45) is 0 Å². The van der Waals surface area contributed by atoms with Crippen LogP contribution in [0.3, 0.4) is 0 Å². The van der Waals surface area contributed by atoms with Gasteiger partial charge in [-0.3, -0.25) is 14.9 Å². The standard InChI is InChI=1S/C16H20N2O5/c1-16(2,3)11-7-6-10(9-13(11)18(22)23)14(19)17-8-4-5-12(17)15(20)21/h6-7,9,12H,4-5,8H2,1-3H3,(H,20,21)/t12-/m1/s1. The van der Waals surface area contributed by atoms with E-state index >= 15 is 0 Å². The van der Waals surface area contributed by atoms with Crippen molar-refractivity contribution in [3.8, 4) is 0 Å². The number of hydrogen-bond acceptors (Lipinski definition) is 4. The van der Waals surface area contributed by atoms with Crippen molar-refractivity contribution >= 4 is 17.6 Å². The molecule has 7 heteroatoms. The number of aliphatic carboxylic acids is 1. The molecule has 1 aliphatic rings. The van der Waals surface area contributed by atoms with Crippen LogP contribution in [0.1, 0.15) is 49.5 Å². The van der Waals surface area contributed by atoms with Crippen LogP contribution < -0.4 is 0 Å². The molecule has 1 heterocycles. The molecule has 0 aliphatic carbocycles. The van der Waals surface area contributed by atoms with Gasteiger partial charge in [0.05, 0.1) is 4.92 Å². The van der Waals surface area contributed by atoms with Crippen LogP contribution in [0.2, 0.25) is 0 Å². The third-order valence-corrected chi connectivity index (χ3v) is 4.05. The molecule has 0 saturated carbocycles. The van der Waals surface area contributed by atoms with Crippen molar-refractivity contribution in [3.63, 3.8) is 0 Å². The second kappa shape index (κ2) is 5.98. The first-order valence-corrected chi connectivity index (χ1v) is 7.45. The third-order valence-electron chi connectivity index (χ3n) is 4.05. The molecule has 1 saturated heterocycles. The van der Waals surface area contributed by atoms with Crippen LogP contribution in [0, 0.1) is 10.1 Å². The first kappa shape index (κ1) is 16.9. The summed E-state index contributed by atoms with van der Waals surface area (Å²) < 4.78 is 0. The van der Waals surface area contributed by atoms with Crippen LogP contribution in [0.15, 0.2) is 18.2 Å². The number of likely N-dealkylation sites (tertiary alicyclic amines) is 1. The Labute approximate surface area is 134 Å². The fraction of sp³-hybridized carbons (Fsp3) is 0.500. The predicted molar refractivity (Wildman–Crippen MR) is 83.5 cm³/mol. The lowest BCUT2D eigenvalue weighted by atomic mass is 9.85. The van der Waals surface area contributed by atoms with Gasteiger partial charge in [-0.25, -0.2) is 4.79 Å². The average Bonchev–Trinajstić information content (AvgIpc) is 2.94. The monoisotopic (exact) mass is 320 g/mol. The second-order valence-electron chi connectivity index (χ2n) is 6.73. The zero-order chi connectivity index (χ0) is 17.4. The van der Waals surface area contributed by atoms with Crippen molar-refractivity contribution < 1.29 is 19.6 Å². The summed E-state index contributed by atoms with van der Waals surface area (Å²) in [6.45, 7) is 5.93. The number of carboxylic acid groups (broad SMARTS) is 1. The molecule has 1 N–H and O–H groups in total. The number of rotatable bonds is 3. The maximum absolute atomic E-state index is 12.5. The van der Waals surface area contributed by atoms with E-state index in [4.69, 9.17) is 0 Å². The number of benzene rings is 1. The Morgan fingerprint density at radius 1 is 1.35 bits per heavy atom. The van der Waals surface area contributed by atoms with Crippen molar-refractivity contribution in [2.45, 2.75) is 45.1 Å². The van der Waals surface area contributed by atoms with Gasteiger partial charge < -0.3 is 10.0 Å². The number of nitrogens with zero attached hydrogens (tertiary/aromatic N) is 2. The Hall–Kier alpha value is -2.44. The number of nitro groups is 1. The SMILES string of the molecule is CC(C)(C)c1ccc(C(=O)N2CCC[C@@H]2C(=O)O)cc1[N+](=O)[O-]. The van der Waals surface area contributed by atoms with Gasteiger partial charge in [0.25, 0.3) is 11.6 Å². The number of carbonyl (C=O) groups is 2. The third kappa shape index (κ3) is 3.33. The van der Waals surface area contributed by atoms with Gasteiger partial charge in [-0.2, -0.15) is 0 Å². The molecular weight excluding hydrogens is 300 g/mol. The lowest BCUT2D eigenvalue weighted by Crippen LogP contribution is -2.40. The Kier molecular flexibility index (Phi) is 4.40. The van der Waals surface area contributed by atoms with Gasteiger partial charge in [0.1, 0.15) is 6.04 Å². The summed E-state index contributed by atoms with van der Waals surface area (Å²) in [5, 5.41) is 20.5. The molecule has 1 atom stereocenters. The first-order chi connectivity index (χ1) is 10.6. The summed E-state index contributed by atoms with van der Waals surface area (Å²) in [7, 11) is 0. The van der Waals surface area contributed by atoms with Gasteiger partial charge in [-0.15, -0.1) is 0 Å². The summed E-state index contributed by atoms with van der Waals surface area (Å²) in [6, 6.07) is 3.51. The van der Waals surface area contributed by atoms with E-state index in [9.17, 15) is 24.8 Å². The molecule has 7 nitrogen and oxygen atoms in total. The zero-order valence-electron chi connectivity index (χ0n) is 13.4. The highest BCUT2D eigenvalue weighted by Crippen LogP contribution is 2.32. The molecule has 0 unspecified atom stereocenters. The van der Waals surface area contributed by atoms with E-state index in [0.717, 1.165) is 0 Å². The Bertz CT molecular complexity index is 663. The van der Waals surface area contributed by atoms with Crippen LogP contribution >= 0.6 is 0 Å². The lowest BCUT2D eigenvalue weighted by molar-refractivity contribution is -0.386. The highest BCUT2D eigenvalue weighted by Gasteiger charge is 2.35. The topological polar surface area (TPSA) is 101 Å². The number of hydrogen-bond donors (Lipinski definition) is 1. The summed E-state index contributed by atoms with van der Waals surface area (Å²) in [4.78, 5) is 35.8. The van der Waals surface area contributed by atoms with Crippen molar-refractivity contribution in [1.29, 1.82) is 0 Å². The Balaban J connectivity index is 2.41. The van der Waals surface area contributed by atoms with E-state index in [2.05, 4.69) is 0 Å². The summed E-state index contributed by atoms with van der Waals surface area (Å²) in [6.07, 6.45) is 1.02. The molecule has 1 amide bonds. The van der Waals surface area contributed by atoms with Gasteiger partial charge in [0.15, 0.2) is 0 Å². The average molecular weight is 320 g/mol. The van der Waals surface area contributed by atoms with Gasteiger partial charge in [-0.05, 0) is 24.3 Å². The summed E-state index contributed by atoms with van der Waals surface area (Å²) in [5.41, 5.74) is 0.142. The van der Waals surface area contributed by atoms with E-state index in [0.29, 0.717) is 24.9 Å². The first-order valence-electron chi connectivity index (χ1n) is 7.45. The van der Waals surface area contributed by atoms with Crippen LogP contribution in [0.25, 0.3) is 0 Å². The molecule has 1 aliphatic heterocycles. The van der Waals surface area contributed by atoms with E-state index in [1.165, 1.54) is 17.0 Å². The van der Waals surface area contributed by atoms with Crippen molar-refractivity contribution in [3.05, 3.63) is 39.4 Å². The molecule has 0 radical (unpaired) electrons. The summed E-state index contributed by atoms with van der Waals surface area (Å²) >= 11 is 0. The summed E-state index contributed by atoms with van der Waals surface area (Å²) in [5.74, 6) is -1.52. The normalized spacial score (nSPS) is 18.0. The highest BCUT2D eigenvalue weighted by atomic mass is 16.6. The van der Waals surface area contributed by atoms with Crippen LogP contribution in [0.4, 0.5) is 5.69 Å². The van der Waals surface area contributed by atoms with E-state index in [1.807, 2.05) is 20.8 Å². The smallest absolute Gasteiger partial charge is 0.326 e. The molecule has 0 spiro atoms. The fourth-order valence-corrected chi connectivity index (χ4v) is 2.88. The lowest BCUT2D eigenvalue weighted by Gasteiger charge is -2.23. The molecule has 1 aromatic rings. The van der Waals surface area contributed by atoms with Gasteiger partial charge >= 0.3 is 5.97 Å². The van der Waals surface area contributed by atoms with Crippen LogP contribution in [-0.4, -0.2) is 39.4 Å². The van der Waals surface area contributed by atoms with E-state index in [-0.39, 0.29) is 11.3 Å².